The maximum atomic E-state index is 11.1. The van der Waals surface area contributed by atoms with Crippen LogP contribution in [0.3, 0.4) is 0 Å². The zero-order chi connectivity index (χ0) is 15.1. The summed E-state index contributed by atoms with van der Waals surface area (Å²) in [4.78, 5) is 11.1. The minimum absolute atomic E-state index is 0.127. The van der Waals surface area contributed by atoms with Gasteiger partial charge in [0.05, 0.1) is 5.56 Å². The summed E-state index contributed by atoms with van der Waals surface area (Å²) in [5.74, 6) is -0.633. The van der Waals surface area contributed by atoms with Crippen LogP contribution in [0.15, 0.2) is 12.1 Å². The highest BCUT2D eigenvalue weighted by molar-refractivity contribution is 5.95. The average Bonchev–Trinajstić information content (AvgIpc) is 2.39. The van der Waals surface area contributed by atoms with Crippen LogP contribution in [0.1, 0.15) is 42.1 Å². The molecule has 0 aliphatic carbocycles. The number of nitrogen functional groups attached to an aromatic ring is 1. The number of aliphatic hydroxyl groups is 1. The Hall–Kier alpha value is -1.75. The molecule has 0 heterocycles. The van der Waals surface area contributed by atoms with Crippen molar-refractivity contribution in [3.05, 3.63) is 23.3 Å². The first-order chi connectivity index (χ1) is 9.49. The summed E-state index contributed by atoms with van der Waals surface area (Å²) in [6, 6.07) is 3.41. The molecule has 1 unspecified atom stereocenters. The highest BCUT2D eigenvalue weighted by Crippen LogP contribution is 2.23. The molecule has 0 saturated heterocycles. The highest BCUT2D eigenvalue weighted by Gasteiger charge is 2.13. The molecule has 0 bridgehead atoms. The van der Waals surface area contributed by atoms with Crippen LogP contribution >= 0.6 is 0 Å². The van der Waals surface area contributed by atoms with Gasteiger partial charge in [0.15, 0.2) is 0 Å². The number of hydrogen-bond donors (Lipinski definition) is 4. The van der Waals surface area contributed by atoms with E-state index in [9.17, 15) is 4.79 Å². The first kappa shape index (κ1) is 16.3. The lowest BCUT2D eigenvalue weighted by atomic mass is 10.00. The number of aromatic carboxylic acids is 1. The lowest BCUT2D eigenvalue weighted by Gasteiger charge is -2.17. The van der Waals surface area contributed by atoms with Crippen LogP contribution in [-0.2, 0) is 0 Å². The lowest BCUT2D eigenvalue weighted by Crippen LogP contribution is -2.16. The number of carboxylic acid groups (broad SMARTS) is 1. The molecule has 0 amide bonds. The molecule has 1 atom stereocenters. The molecule has 5 nitrogen and oxygen atoms in total. The number of nitrogens with two attached hydrogens (primary N) is 1. The van der Waals surface area contributed by atoms with Crippen molar-refractivity contribution in [2.75, 3.05) is 24.2 Å². The fourth-order valence-corrected chi connectivity index (χ4v) is 2.28. The van der Waals surface area contributed by atoms with Crippen molar-refractivity contribution < 1.29 is 15.0 Å². The molecule has 20 heavy (non-hydrogen) atoms. The second-order valence-corrected chi connectivity index (χ2v) is 5.11. The third-order valence-corrected chi connectivity index (χ3v) is 3.45. The van der Waals surface area contributed by atoms with Crippen LogP contribution in [0.2, 0.25) is 0 Å². The molecule has 1 aromatic rings. The SMILES string of the molecule is CCCC(CCO)CNc1cc(C)c(N)c(C(=O)O)c1. The van der Waals surface area contributed by atoms with E-state index >= 15 is 0 Å². The van der Waals surface area contributed by atoms with Gasteiger partial charge in [0, 0.05) is 24.5 Å². The molecular formula is C15H24N2O3. The summed E-state index contributed by atoms with van der Waals surface area (Å²) in [5.41, 5.74) is 7.71. The normalized spacial score (nSPS) is 12.2. The monoisotopic (exact) mass is 280 g/mol. The maximum Gasteiger partial charge on any atom is 0.337 e. The summed E-state index contributed by atoms with van der Waals surface area (Å²) >= 11 is 0. The van der Waals surface area contributed by atoms with Crippen molar-refractivity contribution in [2.24, 2.45) is 5.92 Å². The van der Waals surface area contributed by atoms with E-state index in [1.807, 2.05) is 6.07 Å². The first-order valence-electron chi connectivity index (χ1n) is 6.97. The molecule has 0 spiro atoms. The fourth-order valence-electron chi connectivity index (χ4n) is 2.28. The van der Waals surface area contributed by atoms with Gasteiger partial charge in [-0.3, -0.25) is 0 Å². The quantitative estimate of drug-likeness (QED) is 0.549. The predicted molar refractivity (Wildman–Crippen MR) is 81.1 cm³/mol. The molecule has 0 aliphatic heterocycles. The van der Waals surface area contributed by atoms with E-state index in [0.29, 0.717) is 11.6 Å². The number of aryl methyl sites for hydroxylation is 1. The Morgan fingerprint density at radius 2 is 2.10 bits per heavy atom. The van der Waals surface area contributed by atoms with Crippen LogP contribution in [0.4, 0.5) is 11.4 Å². The number of benzene rings is 1. The first-order valence-corrected chi connectivity index (χ1v) is 6.97. The topological polar surface area (TPSA) is 95.6 Å². The third kappa shape index (κ3) is 4.42. The Kier molecular flexibility index (Phi) is 6.31. The van der Waals surface area contributed by atoms with E-state index in [2.05, 4.69) is 12.2 Å². The van der Waals surface area contributed by atoms with Gasteiger partial charge in [0.25, 0.3) is 0 Å². The van der Waals surface area contributed by atoms with Crippen LogP contribution in [-0.4, -0.2) is 29.3 Å². The molecule has 112 valence electrons. The van der Waals surface area contributed by atoms with Crippen LogP contribution < -0.4 is 11.1 Å². The van der Waals surface area contributed by atoms with Crippen molar-refractivity contribution in [1.29, 1.82) is 0 Å². The highest BCUT2D eigenvalue weighted by atomic mass is 16.4. The molecule has 0 fully saturated rings. The van der Waals surface area contributed by atoms with Crippen molar-refractivity contribution >= 4 is 17.3 Å². The summed E-state index contributed by atoms with van der Waals surface area (Å²) in [7, 11) is 0. The zero-order valence-corrected chi connectivity index (χ0v) is 12.1. The van der Waals surface area contributed by atoms with E-state index in [-0.39, 0.29) is 12.2 Å². The molecule has 0 saturated carbocycles. The van der Waals surface area contributed by atoms with Crippen LogP contribution in [0, 0.1) is 12.8 Å². The minimum Gasteiger partial charge on any atom is -0.478 e. The van der Waals surface area contributed by atoms with E-state index in [4.69, 9.17) is 15.9 Å². The number of rotatable bonds is 8. The number of carbonyl (C=O) groups is 1. The molecule has 5 N–H and O–H groups in total. The Morgan fingerprint density at radius 1 is 1.40 bits per heavy atom. The van der Waals surface area contributed by atoms with E-state index in [1.54, 1.807) is 13.0 Å². The molecule has 0 radical (unpaired) electrons. The molecule has 5 heteroatoms. The van der Waals surface area contributed by atoms with Gasteiger partial charge < -0.3 is 21.3 Å². The number of carboxylic acids is 1. The summed E-state index contributed by atoms with van der Waals surface area (Å²) in [6.07, 6.45) is 2.85. The number of hydrogen-bond acceptors (Lipinski definition) is 4. The molecule has 0 aromatic heterocycles. The average molecular weight is 280 g/mol. The van der Waals surface area contributed by atoms with Crippen molar-refractivity contribution in [3.63, 3.8) is 0 Å². The van der Waals surface area contributed by atoms with E-state index in [0.717, 1.165) is 37.1 Å². The number of aliphatic hydroxyl groups excluding tert-OH is 1. The zero-order valence-electron chi connectivity index (χ0n) is 12.1. The summed E-state index contributed by atoms with van der Waals surface area (Å²) in [6.45, 7) is 4.80. The van der Waals surface area contributed by atoms with Gasteiger partial charge in [0.2, 0.25) is 0 Å². The number of anilines is 2. The van der Waals surface area contributed by atoms with Crippen molar-refractivity contribution in [1.82, 2.24) is 0 Å². The minimum atomic E-state index is -1.02. The predicted octanol–water partition coefficient (Wildman–Crippen LogP) is 2.49. The van der Waals surface area contributed by atoms with Crippen LogP contribution in [0.25, 0.3) is 0 Å². The Labute approximate surface area is 119 Å². The molecule has 1 aromatic carbocycles. The van der Waals surface area contributed by atoms with Gasteiger partial charge in [-0.2, -0.15) is 0 Å². The molecule has 1 rings (SSSR count). The largest absolute Gasteiger partial charge is 0.478 e. The van der Waals surface area contributed by atoms with Gasteiger partial charge in [-0.05, 0) is 43.4 Å². The van der Waals surface area contributed by atoms with Gasteiger partial charge in [-0.15, -0.1) is 0 Å². The van der Waals surface area contributed by atoms with Crippen molar-refractivity contribution in [2.45, 2.75) is 33.1 Å². The molecule has 0 aliphatic rings. The van der Waals surface area contributed by atoms with Gasteiger partial charge in [-0.25, -0.2) is 4.79 Å². The second-order valence-electron chi connectivity index (χ2n) is 5.11. The van der Waals surface area contributed by atoms with Gasteiger partial charge in [0.1, 0.15) is 0 Å². The maximum absolute atomic E-state index is 11.1. The molecular weight excluding hydrogens is 256 g/mol. The Bertz CT molecular complexity index is 455. The van der Waals surface area contributed by atoms with Crippen LogP contribution in [0.5, 0.6) is 0 Å². The Morgan fingerprint density at radius 3 is 2.65 bits per heavy atom. The summed E-state index contributed by atoms with van der Waals surface area (Å²) < 4.78 is 0. The summed E-state index contributed by atoms with van der Waals surface area (Å²) in [5, 5.41) is 21.4. The standard InChI is InChI=1S/C15H24N2O3/c1-3-4-11(5-6-18)9-17-12-7-10(2)14(16)13(8-12)15(19)20/h7-8,11,17-18H,3-6,9,16H2,1-2H3,(H,19,20). The number of nitrogens with one attached hydrogen (secondary N) is 1. The second kappa shape index (κ2) is 7.75. The van der Waals surface area contributed by atoms with Gasteiger partial charge in [-0.1, -0.05) is 13.3 Å². The van der Waals surface area contributed by atoms with Crippen molar-refractivity contribution in [3.8, 4) is 0 Å². The van der Waals surface area contributed by atoms with E-state index in [1.165, 1.54) is 0 Å². The van der Waals surface area contributed by atoms with Gasteiger partial charge >= 0.3 is 5.97 Å². The fraction of sp³-hybridized carbons (Fsp3) is 0.533. The smallest absolute Gasteiger partial charge is 0.337 e. The Balaban J connectivity index is 2.79. The third-order valence-electron chi connectivity index (χ3n) is 3.45. The lowest BCUT2D eigenvalue weighted by molar-refractivity contribution is 0.0698. The van der Waals surface area contributed by atoms with E-state index < -0.39 is 5.97 Å².